The predicted molar refractivity (Wildman–Crippen MR) is 122 cm³/mol. The summed E-state index contributed by atoms with van der Waals surface area (Å²) >= 11 is 12.1. The molecule has 0 saturated heterocycles. The zero-order valence-corrected chi connectivity index (χ0v) is 18.4. The van der Waals surface area contributed by atoms with Gasteiger partial charge in [-0.15, -0.1) is 0 Å². The second-order valence-corrected chi connectivity index (χ2v) is 7.93. The number of benzene rings is 2. The fraction of sp³-hybridized carbons (Fsp3) is 0.273. The van der Waals surface area contributed by atoms with Gasteiger partial charge in [0.1, 0.15) is 17.0 Å². The molecule has 2 amide bonds. The third-order valence-corrected chi connectivity index (χ3v) is 5.25. The van der Waals surface area contributed by atoms with Crippen molar-refractivity contribution in [1.29, 1.82) is 0 Å². The molecule has 0 spiro atoms. The normalized spacial score (nSPS) is 12.0. The van der Waals surface area contributed by atoms with Crippen molar-refractivity contribution < 1.29 is 29.0 Å². The van der Waals surface area contributed by atoms with Crippen LogP contribution in [0.1, 0.15) is 35.4 Å². The van der Waals surface area contributed by atoms with E-state index < -0.39 is 17.9 Å². The van der Waals surface area contributed by atoms with Crippen LogP contribution in [0, 0.1) is 0 Å². The van der Waals surface area contributed by atoms with Crippen molar-refractivity contribution in [1.82, 2.24) is 0 Å². The Morgan fingerprint density at radius 2 is 1.94 bits per heavy atom. The summed E-state index contributed by atoms with van der Waals surface area (Å²) in [5, 5.41) is 21.6. The van der Waals surface area contributed by atoms with Crippen molar-refractivity contribution in [2.24, 2.45) is 5.73 Å². The van der Waals surface area contributed by atoms with E-state index in [1.54, 1.807) is 18.2 Å². The average molecular weight is 481 g/mol. The number of unbranched alkanes of at least 4 members (excludes halogenated alkanes) is 1. The lowest BCUT2D eigenvalue weighted by molar-refractivity contribution is 0.0851. The number of fused-ring (bicyclic) bond motifs is 1. The van der Waals surface area contributed by atoms with Gasteiger partial charge in [0.05, 0.1) is 24.3 Å². The number of aliphatic hydroxyl groups excluding tert-OH is 2. The van der Waals surface area contributed by atoms with Crippen molar-refractivity contribution in [3.05, 3.63) is 57.8 Å². The lowest BCUT2D eigenvalue weighted by Crippen LogP contribution is -2.20. The molecule has 1 aromatic heterocycles. The van der Waals surface area contributed by atoms with Crippen LogP contribution < -0.4 is 15.8 Å². The number of rotatable bonds is 10. The second-order valence-electron chi connectivity index (χ2n) is 7.09. The topological polar surface area (TPSA) is 135 Å². The van der Waals surface area contributed by atoms with Gasteiger partial charge in [0.25, 0.3) is 0 Å². The molecule has 2 aromatic carbocycles. The van der Waals surface area contributed by atoms with Gasteiger partial charge < -0.3 is 30.4 Å². The molecular formula is C22H22Cl2N2O6. The summed E-state index contributed by atoms with van der Waals surface area (Å²) in [5.74, 6) is -0.169. The number of nitrogens with one attached hydrogen (secondary N) is 1. The Bertz CT molecular complexity index is 1130. The van der Waals surface area contributed by atoms with Gasteiger partial charge >= 0.3 is 6.03 Å². The number of halogens is 2. The summed E-state index contributed by atoms with van der Waals surface area (Å²) < 4.78 is 11.5. The van der Waals surface area contributed by atoms with Crippen LogP contribution in [0.4, 0.5) is 10.5 Å². The highest BCUT2D eigenvalue weighted by Crippen LogP contribution is 2.36. The summed E-state index contributed by atoms with van der Waals surface area (Å²) in [7, 11) is 0. The Hall–Kier alpha value is -2.78. The van der Waals surface area contributed by atoms with E-state index in [1.807, 2.05) is 0 Å². The molecule has 0 radical (unpaired) electrons. The average Bonchev–Trinajstić information content (AvgIpc) is 3.10. The van der Waals surface area contributed by atoms with Gasteiger partial charge in [-0.25, -0.2) is 4.79 Å². The summed E-state index contributed by atoms with van der Waals surface area (Å²) in [4.78, 5) is 24.6. The first-order chi connectivity index (χ1) is 15.3. The maximum absolute atomic E-state index is 13.1. The van der Waals surface area contributed by atoms with E-state index in [2.05, 4.69) is 5.32 Å². The van der Waals surface area contributed by atoms with Crippen LogP contribution in [-0.4, -0.2) is 41.3 Å². The third-order valence-electron chi connectivity index (χ3n) is 4.70. The predicted octanol–water partition coefficient (Wildman–Crippen LogP) is 4.36. The number of hydrogen-bond donors (Lipinski definition) is 4. The Kier molecular flexibility index (Phi) is 7.98. The molecule has 3 aromatic rings. The zero-order valence-electron chi connectivity index (χ0n) is 16.9. The number of urea groups is 1. The van der Waals surface area contributed by atoms with Crippen molar-refractivity contribution in [2.75, 3.05) is 18.5 Å². The van der Waals surface area contributed by atoms with Crippen LogP contribution in [-0.2, 0) is 0 Å². The lowest BCUT2D eigenvalue weighted by atomic mass is 10.1. The summed E-state index contributed by atoms with van der Waals surface area (Å²) in [5.41, 5.74) is 5.89. The molecule has 1 unspecified atom stereocenters. The van der Waals surface area contributed by atoms with Gasteiger partial charge in [0.2, 0.25) is 5.78 Å². The summed E-state index contributed by atoms with van der Waals surface area (Å²) in [6.07, 6.45) is 1.13. The molecule has 5 N–H and O–H groups in total. The summed E-state index contributed by atoms with van der Waals surface area (Å²) in [6.45, 7) is 0.128. The van der Waals surface area contributed by atoms with Gasteiger partial charge in [-0.05, 0) is 49.6 Å². The number of aliphatic hydroxyl groups is 2. The molecular weight excluding hydrogens is 459 g/mol. The van der Waals surface area contributed by atoms with Crippen molar-refractivity contribution >= 4 is 51.7 Å². The van der Waals surface area contributed by atoms with Crippen LogP contribution in [0.25, 0.3) is 11.0 Å². The van der Waals surface area contributed by atoms with E-state index in [1.165, 1.54) is 18.2 Å². The number of primary amides is 1. The fourth-order valence-electron chi connectivity index (χ4n) is 3.13. The van der Waals surface area contributed by atoms with Crippen molar-refractivity contribution in [3.8, 4) is 5.75 Å². The first kappa shape index (κ1) is 23.9. The van der Waals surface area contributed by atoms with E-state index in [0.29, 0.717) is 47.6 Å². The van der Waals surface area contributed by atoms with Gasteiger partial charge in [0, 0.05) is 22.0 Å². The Labute approximate surface area is 193 Å². The number of ether oxygens (including phenoxy) is 1. The van der Waals surface area contributed by atoms with E-state index >= 15 is 0 Å². The van der Waals surface area contributed by atoms with Gasteiger partial charge in [-0.1, -0.05) is 23.2 Å². The molecule has 3 rings (SSSR count). The molecule has 1 atom stereocenters. The number of anilines is 1. The number of carbonyl (C=O) groups is 2. The standard InChI is InChI=1S/C22H22Cl2N2O6/c23-12-4-6-15(17(24)9-12)20(29)21-19(26-22(25)30)16-7-5-14(10-18(16)32-21)31-8-2-1-3-13(28)11-27/h4-7,9-10,13,27-28H,1-3,8,11H2,(H3,25,26,30). The molecule has 0 aliphatic carbocycles. The van der Waals surface area contributed by atoms with Gasteiger partial charge in [0.15, 0.2) is 5.76 Å². The molecule has 10 heteroatoms. The molecule has 8 nitrogen and oxygen atoms in total. The first-order valence-electron chi connectivity index (χ1n) is 9.84. The van der Waals surface area contributed by atoms with E-state index in [-0.39, 0.29) is 28.6 Å². The van der Waals surface area contributed by atoms with Crippen molar-refractivity contribution in [3.63, 3.8) is 0 Å². The van der Waals surface area contributed by atoms with Crippen LogP contribution in [0.5, 0.6) is 5.75 Å². The van der Waals surface area contributed by atoms with Gasteiger partial charge in [-0.2, -0.15) is 0 Å². The van der Waals surface area contributed by atoms with Crippen LogP contribution in [0.2, 0.25) is 10.0 Å². The molecule has 0 saturated carbocycles. The van der Waals surface area contributed by atoms with E-state index in [0.717, 1.165) is 0 Å². The Morgan fingerprint density at radius 1 is 1.16 bits per heavy atom. The number of nitrogens with two attached hydrogens (primary N) is 1. The minimum absolute atomic E-state index is 0.127. The zero-order chi connectivity index (χ0) is 23.3. The molecule has 0 fully saturated rings. The smallest absolute Gasteiger partial charge is 0.316 e. The quantitative estimate of drug-likeness (QED) is 0.251. The minimum atomic E-state index is -0.852. The molecule has 0 aliphatic heterocycles. The number of carbonyl (C=O) groups excluding carboxylic acids is 2. The number of furan rings is 1. The van der Waals surface area contributed by atoms with Crippen molar-refractivity contribution in [2.45, 2.75) is 25.4 Å². The molecule has 170 valence electrons. The SMILES string of the molecule is NC(=O)Nc1c(C(=O)c2ccc(Cl)cc2Cl)oc2cc(OCCCCC(O)CO)ccc12. The van der Waals surface area contributed by atoms with Crippen LogP contribution in [0.15, 0.2) is 40.8 Å². The monoisotopic (exact) mass is 480 g/mol. The highest BCUT2D eigenvalue weighted by molar-refractivity contribution is 6.37. The van der Waals surface area contributed by atoms with Gasteiger partial charge in [-0.3, -0.25) is 4.79 Å². The highest BCUT2D eigenvalue weighted by Gasteiger charge is 2.25. The molecule has 0 bridgehead atoms. The van der Waals surface area contributed by atoms with E-state index in [9.17, 15) is 14.7 Å². The second kappa shape index (κ2) is 10.7. The van der Waals surface area contributed by atoms with Crippen LogP contribution >= 0.6 is 23.2 Å². The van der Waals surface area contributed by atoms with E-state index in [4.69, 9.17) is 43.2 Å². The maximum Gasteiger partial charge on any atom is 0.316 e. The van der Waals surface area contributed by atoms with Crippen LogP contribution in [0.3, 0.4) is 0 Å². The Morgan fingerprint density at radius 3 is 2.62 bits per heavy atom. The fourth-order valence-corrected chi connectivity index (χ4v) is 3.63. The largest absolute Gasteiger partial charge is 0.493 e. The minimum Gasteiger partial charge on any atom is -0.493 e. The first-order valence-corrected chi connectivity index (χ1v) is 10.6. The summed E-state index contributed by atoms with van der Waals surface area (Å²) in [6, 6.07) is 8.50. The maximum atomic E-state index is 13.1. The number of hydrogen-bond acceptors (Lipinski definition) is 6. The number of ketones is 1. The molecule has 0 aliphatic rings. The Balaban J connectivity index is 1.85. The third kappa shape index (κ3) is 5.72. The lowest BCUT2D eigenvalue weighted by Gasteiger charge is -2.08. The highest BCUT2D eigenvalue weighted by atomic mass is 35.5. The molecule has 32 heavy (non-hydrogen) atoms. The number of amides is 2. The molecule has 1 heterocycles.